The zero-order valence-corrected chi connectivity index (χ0v) is 15.6. The van der Waals surface area contributed by atoms with Crippen LogP contribution in [0.3, 0.4) is 0 Å². The second-order valence-corrected chi connectivity index (χ2v) is 5.90. The van der Waals surface area contributed by atoms with Crippen LogP contribution in [0.25, 0.3) is 0 Å². The molecular formula is C22H32O4. The van der Waals surface area contributed by atoms with Crippen molar-refractivity contribution < 1.29 is 20.1 Å². The lowest BCUT2D eigenvalue weighted by atomic mass is 10.1. The van der Waals surface area contributed by atoms with Gasteiger partial charge in [-0.05, 0) is 12.5 Å². The number of carbonyl (C=O) groups is 1. The molecule has 3 N–H and O–H groups in total. The van der Waals surface area contributed by atoms with Gasteiger partial charge in [-0.25, -0.2) is 4.79 Å². The van der Waals surface area contributed by atoms with Crippen LogP contribution in [0.1, 0.15) is 51.9 Å². The number of allylic oxidation sites excluding steroid dienone is 10. The summed E-state index contributed by atoms with van der Waals surface area (Å²) < 4.78 is 0. The first-order chi connectivity index (χ1) is 12.6. The fourth-order valence-electron chi connectivity index (χ4n) is 2.12. The molecule has 0 aromatic heterocycles. The van der Waals surface area contributed by atoms with Crippen LogP contribution in [0.5, 0.6) is 0 Å². The molecule has 0 aliphatic rings. The predicted octanol–water partition coefficient (Wildman–Crippen LogP) is 5.41. The van der Waals surface area contributed by atoms with Crippen molar-refractivity contribution in [3.8, 4) is 0 Å². The van der Waals surface area contributed by atoms with E-state index in [9.17, 15) is 15.0 Å². The van der Waals surface area contributed by atoms with Gasteiger partial charge in [0.2, 0.25) is 0 Å². The van der Waals surface area contributed by atoms with Gasteiger partial charge < -0.3 is 15.3 Å². The molecule has 0 saturated carbocycles. The van der Waals surface area contributed by atoms with E-state index in [0.717, 1.165) is 18.9 Å². The Balaban J connectivity index is 3.98. The molecule has 0 aromatic rings. The predicted molar refractivity (Wildman–Crippen MR) is 108 cm³/mol. The quantitative estimate of drug-likeness (QED) is 0.168. The van der Waals surface area contributed by atoms with Crippen LogP contribution >= 0.6 is 0 Å². The Morgan fingerprint density at radius 3 is 1.85 bits per heavy atom. The number of unbranched alkanes of at least 4 members (excludes halogenated alkanes) is 5. The van der Waals surface area contributed by atoms with Crippen LogP contribution in [-0.2, 0) is 4.79 Å². The van der Waals surface area contributed by atoms with Crippen molar-refractivity contribution in [2.45, 2.75) is 58.0 Å². The minimum absolute atomic E-state index is 0.00750. The molecule has 1 unspecified atom stereocenters. The molecule has 0 heterocycles. The van der Waals surface area contributed by atoms with Crippen LogP contribution < -0.4 is 0 Å². The molecule has 0 spiro atoms. The topological polar surface area (TPSA) is 77.8 Å². The maximum Gasteiger partial charge on any atom is 0.328 e. The number of aliphatic hydroxyl groups excluding tert-OH is 2. The highest BCUT2D eigenvalue weighted by Gasteiger charge is 2.07. The first kappa shape index (κ1) is 23.7. The fourth-order valence-corrected chi connectivity index (χ4v) is 2.12. The van der Waals surface area contributed by atoms with Gasteiger partial charge in [0.1, 0.15) is 11.9 Å². The summed E-state index contributed by atoms with van der Waals surface area (Å²) in [4.78, 5) is 10.2. The Hall–Kier alpha value is -2.33. The van der Waals surface area contributed by atoms with Crippen LogP contribution in [0.15, 0.2) is 72.6 Å². The molecule has 1 atom stereocenters. The van der Waals surface area contributed by atoms with E-state index in [2.05, 4.69) is 6.92 Å². The lowest BCUT2D eigenvalue weighted by Gasteiger charge is -2.08. The number of rotatable bonds is 14. The Bertz CT molecular complexity index is 536. The number of aliphatic hydroxyl groups is 2. The molecule has 0 bridgehead atoms. The SMILES string of the molecule is CCCCCCCCC(O)C(O)=CC=CC=CC=CC=CC=CC(=O)O. The van der Waals surface area contributed by atoms with Crippen LogP contribution in [0, 0.1) is 0 Å². The number of hydrogen-bond acceptors (Lipinski definition) is 3. The highest BCUT2D eigenvalue weighted by atomic mass is 16.4. The summed E-state index contributed by atoms with van der Waals surface area (Å²) in [5.41, 5.74) is 0. The molecule has 0 aliphatic carbocycles. The largest absolute Gasteiger partial charge is 0.510 e. The van der Waals surface area contributed by atoms with Gasteiger partial charge in [-0.3, -0.25) is 0 Å². The van der Waals surface area contributed by atoms with Crippen molar-refractivity contribution in [2.24, 2.45) is 0 Å². The Morgan fingerprint density at radius 2 is 1.27 bits per heavy atom. The maximum atomic E-state index is 10.2. The van der Waals surface area contributed by atoms with Gasteiger partial charge in [-0.2, -0.15) is 0 Å². The average molecular weight is 360 g/mol. The van der Waals surface area contributed by atoms with Gasteiger partial charge in [-0.1, -0.05) is 100 Å². The third-order valence-corrected chi connectivity index (χ3v) is 3.57. The van der Waals surface area contributed by atoms with Gasteiger partial charge in [-0.15, -0.1) is 0 Å². The maximum absolute atomic E-state index is 10.2. The zero-order chi connectivity index (χ0) is 19.5. The van der Waals surface area contributed by atoms with Crippen molar-refractivity contribution >= 4 is 5.97 Å². The third-order valence-electron chi connectivity index (χ3n) is 3.57. The molecule has 0 aromatic carbocycles. The van der Waals surface area contributed by atoms with E-state index in [0.29, 0.717) is 6.42 Å². The van der Waals surface area contributed by atoms with E-state index in [1.165, 1.54) is 37.8 Å². The third kappa shape index (κ3) is 16.5. The van der Waals surface area contributed by atoms with E-state index in [-0.39, 0.29) is 5.76 Å². The van der Waals surface area contributed by atoms with Gasteiger partial charge in [0.15, 0.2) is 0 Å². The number of aliphatic carboxylic acids is 1. The normalized spacial score (nSPS) is 14.6. The van der Waals surface area contributed by atoms with Crippen LogP contribution in [-0.4, -0.2) is 27.4 Å². The van der Waals surface area contributed by atoms with Crippen molar-refractivity contribution in [3.63, 3.8) is 0 Å². The minimum atomic E-state index is -0.975. The summed E-state index contributed by atoms with van der Waals surface area (Å²) in [5, 5.41) is 28.0. The van der Waals surface area contributed by atoms with Gasteiger partial charge in [0.05, 0.1) is 0 Å². The summed E-state index contributed by atoms with van der Waals surface area (Å²) >= 11 is 0. The first-order valence-corrected chi connectivity index (χ1v) is 9.22. The van der Waals surface area contributed by atoms with E-state index in [1.54, 1.807) is 48.6 Å². The molecule has 4 nitrogen and oxygen atoms in total. The lowest BCUT2D eigenvalue weighted by Crippen LogP contribution is -2.09. The molecule has 0 radical (unpaired) electrons. The van der Waals surface area contributed by atoms with Crippen LogP contribution in [0.4, 0.5) is 0 Å². The van der Waals surface area contributed by atoms with E-state index >= 15 is 0 Å². The molecule has 0 aliphatic heterocycles. The summed E-state index contributed by atoms with van der Waals surface area (Å²) in [6, 6.07) is 0. The molecule has 26 heavy (non-hydrogen) atoms. The summed E-state index contributed by atoms with van der Waals surface area (Å²) in [5.74, 6) is -0.982. The van der Waals surface area contributed by atoms with Crippen molar-refractivity contribution in [2.75, 3.05) is 0 Å². The zero-order valence-electron chi connectivity index (χ0n) is 15.6. The number of hydrogen-bond donors (Lipinski definition) is 3. The minimum Gasteiger partial charge on any atom is -0.510 e. The highest BCUT2D eigenvalue weighted by molar-refractivity contribution is 5.80. The molecule has 0 rings (SSSR count). The van der Waals surface area contributed by atoms with Gasteiger partial charge in [0.25, 0.3) is 0 Å². The smallest absolute Gasteiger partial charge is 0.328 e. The molecule has 0 fully saturated rings. The second kappa shape index (κ2) is 17.5. The molecule has 4 heteroatoms. The van der Waals surface area contributed by atoms with Gasteiger partial charge in [0, 0.05) is 6.08 Å². The molecule has 144 valence electrons. The van der Waals surface area contributed by atoms with E-state index in [1.807, 2.05) is 0 Å². The summed E-state index contributed by atoms with van der Waals surface area (Å²) in [7, 11) is 0. The molecular weight excluding hydrogens is 328 g/mol. The fraction of sp³-hybridized carbons (Fsp3) is 0.409. The van der Waals surface area contributed by atoms with Crippen molar-refractivity contribution in [1.82, 2.24) is 0 Å². The standard InChI is InChI=1S/C22H32O4/c1-2-3-4-5-11-14-17-20(23)21(24)18-15-12-9-7-6-8-10-13-16-19-22(25)26/h6-10,12-13,15-16,18-20,23-24H,2-5,11,14,17H2,1H3,(H,25,26). The Morgan fingerprint density at radius 1 is 0.769 bits per heavy atom. The number of carboxylic acids is 1. The second-order valence-electron chi connectivity index (χ2n) is 5.90. The molecule has 0 saturated heterocycles. The summed E-state index contributed by atoms with van der Waals surface area (Å²) in [6.45, 7) is 2.19. The van der Waals surface area contributed by atoms with Crippen molar-refractivity contribution in [3.05, 3.63) is 72.6 Å². The van der Waals surface area contributed by atoms with Gasteiger partial charge >= 0.3 is 5.97 Å². The Kier molecular flexibility index (Phi) is 15.9. The summed E-state index contributed by atoms with van der Waals surface area (Å²) in [6.07, 6.45) is 24.7. The first-order valence-electron chi connectivity index (χ1n) is 9.22. The average Bonchev–Trinajstić information content (AvgIpc) is 2.61. The highest BCUT2D eigenvalue weighted by Crippen LogP contribution is 2.12. The van der Waals surface area contributed by atoms with E-state index in [4.69, 9.17) is 5.11 Å². The van der Waals surface area contributed by atoms with Crippen molar-refractivity contribution in [1.29, 1.82) is 0 Å². The number of carboxylic acid groups (broad SMARTS) is 1. The lowest BCUT2D eigenvalue weighted by molar-refractivity contribution is -0.131. The Labute approximate surface area is 157 Å². The monoisotopic (exact) mass is 360 g/mol. The molecule has 0 amide bonds. The van der Waals surface area contributed by atoms with E-state index < -0.39 is 12.1 Å². The van der Waals surface area contributed by atoms with Crippen LogP contribution in [0.2, 0.25) is 0 Å².